The van der Waals surface area contributed by atoms with Crippen LogP contribution in [0.3, 0.4) is 0 Å². The van der Waals surface area contributed by atoms with E-state index >= 15 is 0 Å². The summed E-state index contributed by atoms with van der Waals surface area (Å²) in [5.41, 5.74) is 0.959. The summed E-state index contributed by atoms with van der Waals surface area (Å²) in [4.78, 5) is 25.8. The van der Waals surface area contributed by atoms with Crippen LogP contribution >= 0.6 is 0 Å². The molecule has 30 heavy (non-hydrogen) atoms. The van der Waals surface area contributed by atoms with Gasteiger partial charge < -0.3 is 20.5 Å². The van der Waals surface area contributed by atoms with Gasteiger partial charge in [-0.05, 0) is 31.8 Å². The Bertz CT molecular complexity index is 1250. The summed E-state index contributed by atoms with van der Waals surface area (Å²) in [6, 6.07) is 2.20. The van der Waals surface area contributed by atoms with Gasteiger partial charge in [0, 0.05) is 23.2 Å². The molecule has 0 saturated heterocycles. The smallest absolute Gasteiger partial charge is 0.326 e. The summed E-state index contributed by atoms with van der Waals surface area (Å²) in [5, 5.41) is 28.2. The molecule has 0 unspecified atom stereocenters. The predicted octanol–water partition coefficient (Wildman–Crippen LogP) is 0.0267. The average Bonchev–Trinajstić information content (AvgIpc) is 3.12. The number of aliphatic hydroxyl groups excluding tert-OH is 1. The Hall–Kier alpha value is -3.14. The van der Waals surface area contributed by atoms with Crippen molar-refractivity contribution >= 4 is 17.5 Å². The molecule has 2 saturated carbocycles. The number of imidazole rings is 1. The quantitative estimate of drug-likeness (QED) is 0.387. The van der Waals surface area contributed by atoms with Crippen molar-refractivity contribution in [3.8, 4) is 5.88 Å². The van der Waals surface area contributed by atoms with Gasteiger partial charge in [0.25, 0.3) is 0 Å². The number of fused-ring (bicyclic) bond motifs is 1. The molecule has 0 amide bonds. The lowest BCUT2D eigenvalue weighted by Crippen LogP contribution is -2.31. The second-order valence-electron chi connectivity index (χ2n) is 8.40. The number of anilines is 1. The zero-order chi connectivity index (χ0) is 20.7. The second kappa shape index (κ2) is 7.28. The van der Waals surface area contributed by atoms with Crippen LogP contribution < -0.4 is 21.7 Å². The Morgan fingerprint density at radius 2 is 2.13 bits per heavy atom. The molecule has 5 N–H and O–H groups in total. The molecule has 0 aromatic carbocycles. The Morgan fingerprint density at radius 1 is 1.33 bits per heavy atom. The van der Waals surface area contributed by atoms with Crippen LogP contribution in [0, 0.1) is 5.41 Å². The maximum atomic E-state index is 11.4. The number of aromatic hydroxyl groups is 1. The number of aliphatic hydroxyl groups is 1. The molecule has 5 rings (SSSR count). The van der Waals surface area contributed by atoms with Crippen LogP contribution in [0.15, 0.2) is 22.1 Å². The van der Waals surface area contributed by atoms with Gasteiger partial charge in [0.05, 0.1) is 18.8 Å². The molecule has 3 aromatic heterocycles. The summed E-state index contributed by atoms with van der Waals surface area (Å²) in [6.07, 6.45) is 9.67. The lowest BCUT2D eigenvalue weighted by molar-refractivity contribution is 0.142. The fraction of sp³-hybridized carbons (Fsp3) is 0.500. The molecule has 0 spiro atoms. The third-order valence-electron chi connectivity index (χ3n) is 6.02. The van der Waals surface area contributed by atoms with Crippen LogP contribution in [0.5, 0.6) is 5.88 Å². The van der Waals surface area contributed by atoms with Crippen LogP contribution in [0.1, 0.15) is 44.2 Å². The molecule has 2 aliphatic rings. The van der Waals surface area contributed by atoms with Crippen molar-refractivity contribution in [2.75, 3.05) is 18.5 Å². The number of H-pyrrole nitrogens is 2. The number of nitrogens with one attached hydrogen (secondary N) is 3. The minimum absolute atomic E-state index is 0.104. The van der Waals surface area contributed by atoms with E-state index in [0.29, 0.717) is 34.8 Å². The largest absolute Gasteiger partial charge is 0.493 e. The maximum absolute atomic E-state index is 11.4. The average molecular weight is 411 g/mol. The van der Waals surface area contributed by atoms with Gasteiger partial charge in [0.15, 0.2) is 11.1 Å². The van der Waals surface area contributed by atoms with Gasteiger partial charge in [-0.15, -0.1) is 0 Å². The monoisotopic (exact) mass is 411 g/mol. The predicted molar refractivity (Wildman–Crippen MR) is 110 cm³/mol. The van der Waals surface area contributed by atoms with E-state index in [-0.39, 0.29) is 23.6 Å². The molecule has 10 heteroatoms. The van der Waals surface area contributed by atoms with Gasteiger partial charge in [-0.1, -0.05) is 12.8 Å². The zero-order valence-electron chi connectivity index (χ0n) is 16.6. The Balaban J connectivity index is 1.58. The van der Waals surface area contributed by atoms with E-state index in [4.69, 9.17) is 9.98 Å². The lowest BCUT2D eigenvalue weighted by Gasteiger charge is -2.26. The van der Waals surface area contributed by atoms with Gasteiger partial charge in [0.2, 0.25) is 5.88 Å². The van der Waals surface area contributed by atoms with Gasteiger partial charge >= 0.3 is 5.69 Å². The molecule has 3 heterocycles. The van der Waals surface area contributed by atoms with Crippen molar-refractivity contribution in [1.82, 2.24) is 24.6 Å². The summed E-state index contributed by atoms with van der Waals surface area (Å²) < 4.78 is 1.68. The Morgan fingerprint density at radius 3 is 2.80 bits per heavy atom. The van der Waals surface area contributed by atoms with E-state index in [0.717, 1.165) is 38.5 Å². The minimum atomic E-state index is -0.485. The first-order valence-corrected chi connectivity index (χ1v) is 10.4. The third kappa shape index (κ3) is 3.58. The number of nitrogens with zero attached hydrogens (tertiary/aromatic N) is 4. The highest BCUT2D eigenvalue weighted by molar-refractivity contribution is 5.57. The fourth-order valence-electron chi connectivity index (χ4n) is 4.08. The molecular formula is C20H25N7O3. The summed E-state index contributed by atoms with van der Waals surface area (Å²) in [6.45, 7) is 0.808. The topological polar surface area (TPSA) is 144 Å². The molecule has 158 valence electrons. The van der Waals surface area contributed by atoms with Crippen LogP contribution in [0.2, 0.25) is 0 Å². The van der Waals surface area contributed by atoms with Crippen LogP contribution in [-0.2, 0) is 0 Å². The molecule has 2 fully saturated rings. The van der Waals surface area contributed by atoms with E-state index in [2.05, 4.69) is 20.4 Å². The first-order chi connectivity index (χ1) is 14.5. The maximum Gasteiger partial charge on any atom is 0.326 e. The van der Waals surface area contributed by atoms with Gasteiger partial charge in [-0.3, -0.25) is 9.98 Å². The van der Waals surface area contributed by atoms with E-state index in [1.807, 2.05) is 6.07 Å². The molecule has 0 aliphatic heterocycles. The van der Waals surface area contributed by atoms with E-state index in [1.165, 1.54) is 0 Å². The zero-order valence-corrected chi connectivity index (χ0v) is 16.6. The highest BCUT2D eigenvalue weighted by Crippen LogP contribution is 2.37. The molecule has 0 atom stereocenters. The van der Waals surface area contributed by atoms with Crippen molar-refractivity contribution in [2.24, 2.45) is 10.4 Å². The van der Waals surface area contributed by atoms with Crippen molar-refractivity contribution in [2.45, 2.75) is 44.6 Å². The normalized spacial score (nSPS) is 19.8. The highest BCUT2D eigenvalue weighted by Gasteiger charge is 2.33. The summed E-state index contributed by atoms with van der Waals surface area (Å²) in [7, 11) is 0. The molecule has 0 radical (unpaired) electrons. The first-order valence-electron chi connectivity index (χ1n) is 10.4. The van der Waals surface area contributed by atoms with Crippen molar-refractivity contribution in [3.05, 3.63) is 39.1 Å². The Kier molecular flexibility index (Phi) is 4.58. The van der Waals surface area contributed by atoms with Gasteiger partial charge in [0.1, 0.15) is 11.5 Å². The Labute approximate surface area is 171 Å². The summed E-state index contributed by atoms with van der Waals surface area (Å²) in [5.74, 6) is 0.436. The van der Waals surface area contributed by atoms with Crippen molar-refractivity contribution < 1.29 is 10.2 Å². The fourth-order valence-corrected chi connectivity index (χ4v) is 4.08. The SMILES string of the molecule is O=c1[nH]c(O)c(/C=c2/cnn3c(=NC4CC4)cc(NCC4(CO)CCCC4)nc23)[nH]1. The van der Waals surface area contributed by atoms with E-state index < -0.39 is 5.69 Å². The van der Waals surface area contributed by atoms with Crippen molar-refractivity contribution in [1.29, 1.82) is 0 Å². The van der Waals surface area contributed by atoms with Crippen molar-refractivity contribution in [3.63, 3.8) is 0 Å². The number of aromatic nitrogens is 5. The molecule has 3 aromatic rings. The molecule has 10 nitrogen and oxygen atoms in total. The number of rotatable bonds is 6. The van der Waals surface area contributed by atoms with E-state index in [1.54, 1.807) is 16.8 Å². The standard InChI is InChI=1S/C20H25N7O3/c28-11-20(5-1-2-6-20)10-21-15-8-16(23-13-3-4-13)27-17(25-15)12(9-22-27)7-14-18(29)26-19(30)24-14/h7-9,13,21,28-29H,1-6,10-11H2,(H2,24,26,30)/b12-7-,23-16?. The first kappa shape index (κ1) is 18.9. The van der Waals surface area contributed by atoms with Crippen LogP contribution in [0.4, 0.5) is 5.82 Å². The highest BCUT2D eigenvalue weighted by atomic mass is 16.3. The van der Waals surface area contributed by atoms with Crippen LogP contribution in [0.25, 0.3) is 11.7 Å². The number of aromatic amines is 2. The lowest BCUT2D eigenvalue weighted by atomic mass is 9.87. The van der Waals surface area contributed by atoms with Crippen LogP contribution in [-0.4, -0.2) is 54.0 Å². The second-order valence-corrected chi connectivity index (χ2v) is 8.40. The third-order valence-corrected chi connectivity index (χ3v) is 6.02. The van der Waals surface area contributed by atoms with Gasteiger partial charge in [-0.2, -0.15) is 9.61 Å². The molecule has 2 aliphatic carbocycles. The summed E-state index contributed by atoms with van der Waals surface area (Å²) >= 11 is 0. The molecular weight excluding hydrogens is 386 g/mol. The van der Waals surface area contributed by atoms with Gasteiger partial charge in [-0.25, -0.2) is 9.78 Å². The molecule has 0 bridgehead atoms. The number of hydrogen-bond donors (Lipinski definition) is 5. The van der Waals surface area contributed by atoms with E-state index in [9.17, 15) is 15.0 Å². The minimum Gasteiger partial charge on any atom is -0.493 e. The number of hydrogen-bond acceptors (Lipinski definition) is 7.